The number of rotatable bonds is 3. The SMILES string of the molecule is O=C(Cl)C1=CCC(C(=O)Cl)(c2ccccc2)C=C1. The number of hydrogen-bond donors (Lipinski definition) is 0. The molecule has 1 atom stereocenters. The fraction of sp³-hybridized carbons (Fsp3) is 0.143. The number of halogens is 2. The maximum absolute atomic E-state index is 11.8. The van der Waals surface area contributed by atoms with Crippen LogP contribution in [-0.2, 0) is 15.0 Å². The van der Waals surface area contributed by atoms with Crippen molar-refractivity contribution < 1.29 is 9.59 Å². The lowest BCUT2D eigenvalue weighted by atomic mass is 9.75. The van der Waals surface area contributed by atoms with Crippen molar-refractivity contribution in [3.05, 3.63) is 59.7 Å². The fourth-order valence-electron chi connectivity index (χ4n) is 1.99. The van der Waals surface area contributed by atoms with Crippen molar-refractivity contribution in [2.24, 2.45) is 0 Å². The molecule has 2 rings (SSSR count). The summed E-state index contributed by atoms with van der Waals surface area (Å²) in [6, 6.07) is 9.23. The molecule has 0 aromatic heterocycles. The second-order valence-corrected chi connectivity index (χ2v) is 4.77. The predicted molar refractivity (Wildman–Crippen MR) is 71.7 cm³/mol. The van der Waals surface area contributed by atoms with Gasteiger partial charge < -0.3 is 0 Å². The van der Waals surface area contributed by atoms with Gasteiger partial charge in [0, 0.05) is 5.57 Å². The molecule has 1 aliphatic rings. The highest BCUT2D eigenvalue weighted by Gasteiger charge is 2.37. The van der Waals surface area contributed by atoms with Crippen molar-refractivity contribution in [3.8, 4) is 0 Å². The lowest BCUT2D eigenvalue weighted by molar-refractivity contribution is -0.115. The van der Waals surface area contributed by atoms with E-state index in [2.05, 4.69) is 0 Å². The Labute approximate surface area is 115 Å². The van der Waals surface area contributed by atoms with Crippen LogP contribution in [0.3, 0.4) is 0 Å². The number of allylic oxidation sites excluding steroid dienone is 4. The van der Waals surface area contributed by atoms with E-state index in [1.807, 2.05) is 30.3 Å². The maximum atomic E-state index is 11.8. The Morgan fingerprint density at radius 1 is 1.11 bits per heavy atom. The van der Waals surface area contributed by atoms with Crippen molar-refractivity contribution in [2.45, 2.75) is 11.8 Å². The quantitative estimate of drug-likeness (QED) is 0.796. The van der Waals surface area contributed by atoms with Crippen LogP contribution in [-0.4, -0.2) is 10.5 Å². The Morgan fingerprint density at radius 2 is 1.78 bits per heavy atom. The number of carbonyl (C=O) groups excluding carboxylic acids is 2. The van der Waals surface area contributed by atoms with Crippen LogP contribution in [0.5, 0.6) is 0 Å². The van der Waals surface area contributed by atoms with Crippen LogP contribution in [0.25, 0.3) is 0 Å². The van der Waals surface area contributed by atoms with Gasteiger partial charge in [0.1, 0.15) is 0 Å². The summed E-state index contributed by atoms with van der Waals surface area (Å²) in [5.41, 5.74) is 0.290. The summed E-state index contributed by atoms with van der Waals surface area (Å²) in [7, 11) is 0. The molecule has 1 aromatic rings. The molecule has 92 valence electrons. The summed E-state index contributed by atoms with van der Waals surface area (Å²) in [5, 5.41) is -1.00. The van der Waals surface area contributed by atoms with E-state index in [-0.39, 0.29) is 0 Å². The Balaban J connectivity index is 2.43. The van der Waals surface area contributed by atoms with E-state index in [9.17, 15) is 9.59 Å². The fourth-order valence-corrected chi connectivity index (χ4v) is 2.38. The summed E-state index contributed by atoms with van der Waals surface area (Å²) >= 11 is 11.1. The van der Waals surface area contributed by atoms with Crippen LogP contribution in [0.4, 0.5) is 0 Å². The molecule has 0 heterocycles. The molecule has 18 heavy (non-hydrogen) atoms. The van der Waals surface area contributed by atoms with Gasteiger partial charge in [-0.2, -0.15) is 0 Å². The highest BCUT2D eigenvalue weighted by Crippen LogP contribution is 2.36. The topological polar surface area (TPSA) is 34.1 Å². The van der Waals surface area contributed by atoms with Crippen molar-refractivity contribution in [3.63, 3.8) is 0 Å². The third kappa shape index (κ3) is 2.26. The molecule has 0 saturated heterocycles. The van der Waals surface area contributed by atoms with Crippen LogP contribution >= 0.6 is 23.2 Å². The molecule has 0 saturated carbocycles. The molecule has 0 bridgehead atoms. The van der Waals surface area contributed by atoms with Crippen LogP contribution in [0.1, 0.15) is 12.0 Å². The first-order valence-corrected chi connectivity index (χ1v) is 6.16. The van der Waals surface area contributed by atoms with Crippen molar-refractivity contribution in [1.82, 2.24) is 0 Å². The van der Waals surface area contributed by atoms with Gasteiger partial charge in [-0.15, -0.1) is 0 Å². The molecule has 0 amide bonds. The lowest BCUT2D eigenvalue weighted by Gasteiger charge is -2.28. The van der Waals surface area contributed by atoms with E-state index >= 15 is 0 Å². The van der Waals surface area contributed by atoms with Crippen LogP contribution in [0.2, 0.25) is 0 Å². The van der Waals surface area contributed by atoms with E-state index in [1.54, 1.807) is 18.2 Å². The normalized spacial score (nSPS) is 22.4. The number of hydrogen-bond acceptors (Lipinski definition) is 2. The Morgan fingerprint density at radius 3 is 2.22 bits per heavy atom. The molecular formula is C14H10Cl2O2. The summed E-state index contributed by atoms with van der Waals surface area (Å²) in [4.78, 5) is 22.8. The molecule has 2 nitrogen and oxygen atoms in total. The molecule has 1 aliphatic carbocycles. The molecule has 0 spiro atoms. The van der Waals surface area contributed by atoms with Crippen molar-refractivity contribution in [2.75, 3.05) is 0 Å². The third-order valence-corrected chi connectivity index (χ3v) is 3.61. The molecule has 0 aliphatic heterocycles. The molecule has 4 heteroatoms. The van der Waals surface area contributed by atoms with Gasteiger partial charge in [0.05, 0.1) is 5.41 Å². The van der Waals surface area contributed by atoms with Gasteiger partial charge in [-0.25, -0.2) is 0 Å². The van der Waals surface area contributed by atoms with Gasteiger partial charge in [0.2, 0.25) is 5.24 Å². The van der Waals surface area contributed by atoms with Gasteiger partial charge in [-0.05, 0) is 35.2 Å². The molecular weight excluding hydrogens is 271 g/mol. The molecule has 0 radical (unpaired) electrons. The van der Waals surface area contributed by atoms with Gasteiger partial charge in [0.25, 0.3) is 5.24 Å². The smallest absolute Gasteiger partial charge is 0.252 e. The first kappa shape index (κ1) is 13.1. The van der Waals surface area contributed by atoms with E-state index in [4.69, 9.17) is 23.2 Å². The first-order chi connectivity index (χ1) is 8.56. The van der Waals surface area contributed by atoms with Gasteiger partial charge >= 0.3 is 0 Å². The zero-order valence-electron chi connectivity index (χ0n) is 9.40. The van der Waals surface area contributed by atoms with Gasteiger partial charge in [-0.3, -0.25) is 9.59 Å². The van der Waals surface area contributed by atoms with E-state index in [0.717, 1.165) is 5.56 Å². The highest BCUT2D eigenvalue weighted by atomic mass is 35.5. The first-order valence-electron chi connectivity index (χ1n) is 5.41. The Kier molecular flexibility index (Phi) is 3.69. The van der Waals surface area contributed by atoms with Crippen LogP contribution in [0.15, 0.2) is 54.1 Å². The zero-order valence-corrected chi connectivity index (χ0v) is 10.9. The van der Waals surface area contributed by atoms with Crippen LogP contribution in [0, 0.1) is 0 Å². The minimum Gasteiger partial charge on any atom is -0.280 e. The number of benzene rings is 1. The summed E-state index contributed by atoms with van der Waals surface area (Å²) < 4.78 is 0. The predicted octanol–water partition coefficient (Wildman–Crippen LogP) is 3.34. The summed E-state index contributed by atoms with van der Waals surface area (Å²) in [6.45, 7) is 0. The molecule has 0 fully saturated rings. The zero-order chi connectivity index (χ0) is 13.2. The van der Waals surface area contributed by atoms with Crippen molar-refractivity contribution in [1.29, 1.82) is 0 Å². The molecule has 1 unspecified atom stereocenters. The maximum Gasteiger partial charge on any atom is 0.252 e. The highest BCUT2D eigenvalue weighted by molar-refractivity contribution is 6.68. The largest absolute Gasteiger partial charge is 0.280 e. The van der Waals surface area contributed by atoms with E-state index in [1.165, 1.54) is 0 Å². The minimum atomic E-state index is -0.904. The van der Waals surface area contributed by atoms with E-state index in [0.29, 0.717) is 12.0 Å². The Bertz CT molecular complexity index is 546. The average molecular weight is 281 g/mol. The summed E-state index contributed by atoms with van der Waals surface area (Å²) in [5.74, 6) is 0. The monoisotopic (exact) mass is 280 g/mol. The number of carbonyl (C=O) groups is 2. The van der Waals surface area contributed by atoms with Crippen molar-refractivity contribution >= 4 is 33.7 Å². The van der Waals surface area contributed by atoms with Gasteiger partial charge in [0.15, 0.2) is 0 Å². The lowest BCUT2D eigenvalue weighted by Crippen LogP contribution is -2.31. The Hall–Kier alpha value is -1.38. The third-order valence-electron chi connectivity index (χ3n) is 3.06. The second-order valence-electron chi connectivity index (χ2n) is 4.08. The molecule has 0 N–H and O–H groups in total. The second kappa shape index (κ2) is 5.09. The minimum absolute atomic E-state index is 0.337. The van der Waals surface area contributed by atoms with E-state index < -0.39 is 15.9 Å². The average Bonchev–Trinajstić information content (AvgIpc) is 2.39. The molecule has 1 aromatic carbocycles. The standard InChI is InChI=1S/C14H10Cl2O2/c15-12(17)10-6-8-14(9-7-10,13(16)18)11-4-2-1-3-5-11/h1-8H,9H2. The summed E-state index contributed by atoms with van der Waals surface area (Å²) in [6.07, 6.45) is 5.17. The van der Waals surface area contributed by atoms with Crippen LogP contribution < -0.4 is 0 Å². The van der Waals surface area contributed by atoms with Gasteiger partial charge in [-0.1, -0.05) is 48.6 Å².